The molecule has 0 fully saturated rings. The highest BCUT2D eigenvalue weighted by Crippen LogP contribution is 2.18. The molecule has 0 aliphatic carbocycles. The van der Waals surface area contributed by atoms with Crippen molar-refractivity contribution in [3.05, 3.63) is 29.6 Å². The smallest absolute Gasteiger partial charge is 0.0958 e. The molecule has 1 heterocycles. The maximum Gasteiger partial charge on any atom is 0.0958 e. The summed E-state index contributed by atoms with van der Waals surface area (Å²) in [7, 11) is 0. The molecule has 0 aliphatic heterocycles. The molecule has 0 amide bonds. The number of aryl methyl sites for hydroxylation is 3. The van der Waals surface area contributed by atoms with Crippen LogP contribution in [0.3, 0.4) is 0 Å². The lowest BCUT2D eigenvalue weighted by Gasteiger charge is -2.13. The first kappa shape index (κ1) is 14.1. The van der Waals surface area contributed by atoms with Gasteiger partial charge in [0.2, 0.25) is 0 Å². The fourth-order valence-electron chi connectivity index (χ4n) is 2.32. The largest absolute Gasteiger partial charge is 0.331 e. The van der Waals surface area contributed by atoms with Gasteiger partial charge >= 0.3 is 0 Å². The average Bonchev–Trinajstić information content (AvgIpc) is 2.77. The van der Waals surface area contributed by atoms with Crippen LogP contribution < -0.4 is 5.32 Å². The number of benzene rings is 1. The van der Waals surface area contributed by atoms with Crippen molar-refractivity contribution in [1.82, 2.24) is 14.9 Å². The van der Waals surface area contributed by atoms with Crippen molar-refractivity contribution in [2.45, 2.75) is 53.1 Å². The SMILES string of the molecule is CCCNC(C)CCn1cnc2cc(C)c(C)cc21. The van der Waals surface area contributed by atoms with Crippen LogP contribution in [-0.2, 0) is 6.54 Å². The molecule has 0 bridgehead atoms. The maximum absolute atomic E-state index is 4.50. The Kier molecular flexibility index (Phi) is 4.59. The van der Waals surface area contributed by atoms with Crippen molar-refractivity contribution < 1.29 is 0 Å². The molecule has 1 aromatic heterocycles. The first-order valence-corrected chi connectivity index (χ1v) is 7.27. The van der Waals surface area contributed by atoms with Crippen LogP contribution >= 0.6 is 0 Å². The number of nitrogens with zero attached hydrogens (tertiary/aromatic N) is 2. The molecule has 104 valence electrons. The second-order valence-corrected chi connectivity index (χ2v) is 5.51. The molecular weight excluding hydrogens is 234 g/mol. The highest BCUT2D eigenvalue weighted by Gasteiger charge is 2.06. The van der Waals surface area contributed by atoms with Crippen LogP contribution in [0.5, 0.6) is 0 Å². The molecular formula is C16H25N3. The predicted molar refractivity (Wildman–Crippen MR) is 81.6 cm³/mol. The minimum absolute atomic E-state index is 0.559. The highest BCUT2D eigenvalue weighted by molar-refractivity contribution is 5.77. The molecule has 0 radical (unpaired) electrons. The number of hydrogen-bond donors (Lipinski definition) is 1. The second-order valence-electron chi connectivity index (χ2n) is 5.51. The summed E-state index contributed by atoms with van der Waals surface area (Å²) >= 11 is 0. The summed E-state index contributed by atoms with van der Waals surface area (Å²) in [6.45, 7) is 10.9. The zero-order chi connectivity index (χ0) is 13.8. The van der Waals surface area contributed by atoms with Crippen LogP contribution in [0.1, 0.15) is 37.8 Å². The van der Waals surface area contributed by atoms with E-state index in [0.29, 0.717) is 6.04 Å². The van der Waals surface area contributed by atoms with E-state index >= 15 is 0 Å². The van der Waals surface area contributed by atoms with Crippen LogP contribution in [0.2, 0.25) is 0 Å². The van der Waals surface area contributed by atoms with E-state index in [9.17, 15) is 0 Å². The van der Waals surface area contributed by atoms with Gasteiger partial charge in [-0.25, -0.2) is 4.98 Å². The molecule has 2 rings (SSSR count). The quantitative estimate of drug-likeness (QED) is 0.861. The zero-order valence-corrected chi connectivity index (χ0v) is 12.5. The number of nitrogens with one attached hydrogen (secondary N) is 1. The van der Waals surface area contributed by atoms with Crippen molar-refractivity contribution in [3.8, 4) is 0 Å². The summed E-state index contributed by atoms with van der Waals surface area (Å²) in [5.41, 5.74) is 5.02. The Hall–Kier alpha value is -1.35. The number of imidazole rings is 1. The summed E-state index contributed by atoms with van der Waals surface area (Å²) in [6.07, 6.45) is 4.30. The van der Waals surface area contributed by atoms with Crippen molar-refractivity contribution in [1.29, 1.82) is 0 Å². The Labute approximate surface area is 116 Å². The first-order chi connectivity index (χ1) is 9.11. The van der Waals surface area contributed by atoms with E-state index in [4.69, 9.17) is 0 Å². The van der Waals surface area contributed by atoms with E-state index < -0.39 is 0 Å². The fourth-order valence-corrected chi connectivity index (χ4v) is 2.32. The molecule has 0 saturated heterocycles. The minimum atomic E-state index is 0.559. The minimum Gasteiger partial charge on any atom is -0.331 e. The number of hydrogen-bond acceptors (Lipinski definition) is 2. The number of rotatable bonds is 6. The van der Waals surface area contributed by atoms with E-state index in [1.54, 1.807) is 0 Å². The molecule has 3 nitrogen and oxygen atoms in total. The van der Waals surface area contributed by atoms with Gasteiger partial charge in [-0.2, -0.15) is 0 Å². The summed E-state index contributed by atoms with van der Waals surface area (Å²) in [5.74, 6) is 0. The molecule has 0 saturated carbocycles. The number of aromatic nitrogens is 2. The van der Waals surface area contributed by atoms with E-state index in [-0.39, 0.29) is 0 Å². The van der Waals surface area contributed by atoms with Crippen molar-refractivity contribution in [3.63, 3.8) is 0 Å². The van der Waals surface area contributed by atoms with Gasteiger partial charge in [0, 0.05) is 12.6 Å². The van der Waals surface area contributed by atoms with Crippen molar-refractivity contribution >= 4 is 11.0 Å². The lowest BCUT2D eigenvalue weighted by molar-refractivity contribution is 0.480. The summed E-state index contributed by atoms with van der Waals surface area (Å²) < 4.78 is 2.27. The molecule has 1 aromatic carbocycles. The van der Waals surface area contributed by atoms with Crippen molar-refractivity contribution in [2.75, 3.05) is 6.54 Å². The maximum atomic E-state index is 4.50. The fraction of sp³-hybridized carbons (Fsp3) is 0.562. The van der Waals surface area contributed by atoms with Gasteiger partial charge < -0.3 is 9.88 Å². The lowest BCUT2D eigenvalue weighted by Crippen LogP contribution is -2.27. The second kappa shape index (κ2) is 6.20. The van der Waals surface area contributed by atoms with Gasteiger partial charge in [0.15, 0.2) is 0 Å². The Balaban J connectivity index is 2.07. The average molecular weight is 259 g/mol. The third-order valence-electron chi connectivity index (χ3n) is 3.78. The Morgan fingerprint density at radius 2 is 2.00 bits per heavy atom. The Morgan fingerprint density at radius 3 is 2.74 bits per heavy atom. The number of fused-ring (bicyclic) bond motifs is 1. The van der Waals surface area contributed by atoms with Crippen LogP contribution in [-0.4, -0.2) is 22.1 Å². The molecule has 1 N–H and O–H groups in total. The Morgan fingerprint density at radius 1 is 1.26 bits per heavy atom. The third kappa shape index (κ3) is 3.35. The standard InChI is InChI=1S/C16H25N3/c1-5-7-17-14(4)6-8-19-11-18-15-9-12(2)13(3)10-16(15)19/h9-11,14,17H,5-8H2,1-4H3. The predicted octanol–water partition coefficient (Wildman–Crippen LogP) is 3.43. The molecule has 3 heteroatoms. The molecule has 0 aliphatic rings. The van der Waals surface area contributed by atoms with Gasteiger partial charge in [-0.15, -0.1) is 0 Å². The highest BCUT2D eigenvalue weighted by atomic mass is 15.0. The van der Waals surface area contributed by atoms with Gasteiger partial charge in [0.05, 0.1) is 17.4 Å². The van der Waals surface area contributed by atoms with Crippen LogP contribution in [0.4, 0.5) is 0 Å². The van der Waals surface area contributed by atoms with Gasteiger partial charge in [-0.1, -0.05) is 6.92 Å². The topological polar surface area (TPSA) is 29.9 Å². The molecule has 0 spiro atoms. The molecule has 19 heavy (non-hydrogen) atoms. The van der Waals surface area contributed by atoms with Crippen LogP contribution in [0.25, 0.3) is 11.0 Å². The third-order valence-corrected chi connectivity index (χ3v) is 3.78. The van der Waals surface area contributed by atoms with E-state index in [1.165, 1.54) is 23.1 Å². The summed E-state index contributed by atoms with van der Waals surface area (Å²) in [6, 6.07) is 4.99. The van der Waals surface area contributed by atoms with Gasteiger partial charge in [0.25, 0.3) is 0 Å². The normalized spacial score (nSPS) is 13.1. The molecule has 1 unspecified atom stereocenters. The van der Waals surface area contributed by atoms with Gasteiger partial charge in [-0.3, -0.25) is 0 Å². The monoisotopic (exact) mass is 259 g/mol. The van der Waals surface area contributed by atoms with E-state index in [0.717, 1.165) is 25.0 Å². The first-order valence-electron chi connectivity index (χ1n) is 7.27. The van der Waals surface area contributed by atoms with Crippen molar-refractivity contribution in [2.24, 2.45) is 0 Å². The van der Waals surface area contributed by atoms with Crippen LogP contribution in [0.15, 0.2) is 18.5 Å². The molecule has 1 atom stereocenters. The van der Waals surface area contributed by atoms with Gasteiger partial charge in [-0.05, 0) is 63.4 Å². The Bertz CT molecular complexity index is 542. The lowest BCUT2D eigenvalue weighted by atomic mass is 10.1. The van der Waals surface area contributed by atoms with Gasteiger partial charge in [0.1, 0.15) is 0 Å². The zero-order valence-electron chi connectivity index (χ0n) is 12.5. The molecule has 2 aromatic rings. The van der Waals surface area contributed by atoms with E-state index in [2.05, 4.69) is 54.7 Å². The summed E-state index contributed by atoms with van der Waals surface area (Å²) in [5, 5.41) is 3.53. The van der Waals surface area contributed by atoms with E-state index in [1.807, 2.05) is 6.33 Å². The summed E-state index contributed by atoms with van der Waals surface area (Å²) in [4.78, 5) is 4.50. The van der Waals surface area contributed by atoms with Crippen LogP contribution in [0, 0.1) is 13.8 Å².